The Morgan fingerprint density at radius 2 is 1.62 bits per heavy atom. The van der Waals surface area contributed by atoms with Crippen LogP contribution in [-0.4, -0.2) is 29.2 Å². The Labute approximate surface area is 168 Å². The first-order valence-electron chi connectivity index (χ1n) is 9.33. The second-order valence-corrected chi connectivity index (χ2v) is 6.85. The average molecular weight is 382 g/mol. The molecule has 142 valence electrons. The van der Waals surface area contributed by atoms with Gasteiger partial charge in [0.1, 0.15) is 0 Å². The molecular formula is C24H18N2O3. The number of benzene rings is 3. The number of rotatable bonds is 5. The molecule has 5 heteroatoms. The third-order valence-corrected chi connectivity index (χ3v) is 4.95. The largest absolute Gasteiger partial charge is 0.326 e. The van der Waals surface area contributed by atoms with Crippen molar-refractivity contribution in [3.63, 3.8) is 0 Å². The molecule has 0 aliphatic carbocycles. The Morgan fingerprint density at radius 1 is 0.966 bits per heavy atom. The number of terminal acetylenes is 1. The maximum atomic E-state index is 12.8. The van der Waals surface area contributed by atoms with Crippen LogP contribution in [0.5, 0.6) is 0 Å². The molecule has 1 aliphatic heterocycles. The van der Waals surface area contributed by atoms with Gasteiger partial charge in [-0.1, -0.05) is 36.3 Å². The normalized spacial score (nSPS) is 12.7. The van der Waals surface area contributed by atoms with Gasteiger partial charge in [0.2, 0.25) is 5.91 Å². The summed E-state index contributed by atoms with van der Waals surface area (Å²) in [6.07, 6.45) is 5.92. The van der Waals surface area contributed by atoms with Crippen LogP contribution in [0.4, 0.5) is 5.69 Å². The average Bonchev–Trinajstić information content (AvgIpc) is 2.74. The molecule has 5 nitrogen and oxygen atoms in total. The fourth-order valence-electron chi connectivity index (χ4n) is 3.59. The molecule has 0 spiro atoms. The van der Waals surface area contributed by atoms with Crippen molar-refractivity contribution in [2.45, 2.75) is 12.8 Å². The summed E-state index contributed by atoms with van der Waals surface area (Å²) < 4.78 is 0. The van der Waals surface area contributed by atoms with Crippen LogP contribution in [0.15, 0.2) is 60.7 Å². The summed E-state index contributed by atoms with van der Waals surface area (Å²) in [6.45, 7) is 0.181. The van der Waals surface area contributed by atoms with Crippen molar-refractivity contribution in [1.29, 1.82) is 0 Å². The summed E-state index contributed by atoms with van der Waals surface area (Å²) in [5.74, 6) is 1.69. The third kappa shape index (κ3) is 3.48. The molecule has 4 rings (SSSR count). The van der Waals surface area contributed by atoms with Crippen LogP contribution in [0.3, 0.4) is 0 Å². The Kier molecular flexibility index (Phi) is 4.84. The van der Waals surface area contributed by atoms with Gasteiger partial charge in [-0.15, -0.1) is 6.42 Å². The first-order chi connectivity index (χ1) is 14.1. The second kappa shape index (κ2) is 7.61. The van der Waals surface area contributed by atoms with Gasteiger partial charge < -0.3 is 5.32 Å². The zero-order chi connectivity index (χ0) is 20.4. The summed E-state index contributed by atoms with van der Waals surface area (Å²) in [7, 11) is 0. The number of carbonyl (C=O) groups excluding carboxylic acids is 3. The highest BCUT2D eigenvalue weighted by atomic mass is 16.2. The lowest BCUT2D eigenvalue weighted by molar-refractivity contribution is -0.116. The molecule has 0 radical (unpaired) electrons. The first kappa shape index (κ1) is 18.5. The number of amides is 3. The third-order valence-electron chi connectivity index (χ3n) is 4.95. The highest BCUT2D eigenvalue weighted by Gasteiger charge is 2.32. The number of carbonyl (C=O) groups is 3. The maximum absolute atomic E-state index is 12.8. The monoisotopic (exact) mass is 382 g/mol. The van der Waals surface area contributed by atoms with E-state index in [9.17, 15) is 14.4 Å². The van der Waals surface area contributed by atoms with E-state index in [2.05, 4.69) is 11.2 Å². The van der Waals surface area contributed by atoms with Gasteiger partial charge in [0.15, 0.2) is 0 Å². The highest BCUT2D eigenvalue weighted by Crippen LogP contribution is 2.30. The van der Waals surface area contributed by atoms with Crippen LogP contribution in [0, 0.1) is 12.3 Å². The summed E-state index contributed by atoms with van der Waals surface area (Å²) >= 11 is 0. The van der Waals surface area contributed by atoms with Crippen molar-refractivity contribution in [2.75, 3.05) is 11.9 Å². The Hall–Kier alpha value is -3.91. The molecular weight excluding hydrogens is 364 g/mol. The van der Waals surface area contributed by atoms with Crippen LogP contribution in [0.2, 0.25) is 0 Å². The van der Waals surface area contributed by atoms with E-state index in [0.717, 1.165) is 5.39 Å². The van der Waals surface area contributed by atoms with E-state index >= 15 is 0 Å². The van der Waals surface area contributed by atoms with Crippen molar-refractivity contribution >= 4 is 34.2 Å². The summed E-state index contributed by atoms with van der Waals surface area (Å²) in [5.41, 5.74) is 2.35. The van der Waals surface area contributed by atoms with Crippen LogP contribution in [0.25, 0.3) is 10.8 Å². The van der Waals surface area contributed by atoms with Gasteiger partial charge in [0.25, 0.3) is 11.8 Å². The van der Waals surface area contributed by atoms with Crippen molar-refractivity contribution in [2.24, 2.45) is 0 Å². The van der Waals surface area contributed by atoms with Gasteiger partial charge in [0, 0.05) is 40.7 Å². The SMILES string of the molecule is C#Cc1cccc(NC(=O)CCCN2C(=O)c3cccc4cccc(c34)C2=O)c1. The lowest BCUT2D eigenvalue weighted by atomic mass is 9.94. The fourth-order valence-corrected chi connectivity index (χ4v) is 3.59. The highest BCUT2D eigenvalue weighted by molar-refractivity contribution is 6.25. The number of hydrogen-bond donors (Lipinski definition) is 1. The molecule has 3 amide bonds. The van der Waals surface area contributed by atoms with Crippen molar-refractivity contribution in [3.8, 4) is 12.3 Å². The van der Waals surface area contributed by atoms with Crippen molar-refractivity contribution in [1.82, 2.24) is 4.90 Å². The number of nitrogens with zero attached hydrogens (tertiary/aromatic N) is 1. The lowest BCUT2D eigenvalue weighted by Crippen LogP contribution is -2.41. The second-order valence-electron chi connectivity index (χ2n) is 6.85. The zero-order valence-electron chi connectivity index (χ0n) is 15.6. The Balaban J connectivity index is 1.43. The number of imide groups is 1. The van der Waals surface area contributed by atoms with Gasteiger partial charge in [-0.2, -0.15) is 0 Å². The van der Waals surface area contributed by atoms with E-state index in [0.29, 0.717) is 34.2 Å². The predicted molar refractivity (Wildman–Crippen MR) is 112 cm³/mol. The standard InChI is InChI=1S/C24H18N2O3/c1-2-16-7-3-10-18(15-16)25-21(27)13-6-14-26-23(28)19-11-4-8-17-9-5-12-20(22(17)19)24(26)29/h1,3-5,7-12,15H,6,13-14H2,(H,25,27). The van der Waals surface area contributed by atoms with E-state index in [1.807, 2.05) is 24.3 Å². The molecule has 0 unspecified atom stereocenters. The van der Waals surface area contributed by atoms with E-state index < -0.39 is 0 Å². The number of hydrogen-bond acceptors (Lipinski definition) is 3. The minimum absolute atomic E-state index is 0.181. The van der Waals surface area contributed by atoms with E-state index in [1.165, 1.54) is 4.90 Å². The molecule has 1 heterocycles. The van der Waals surface area contributed by atoms with Crippen LogP contribution < -0.4 is 5.32 Å². The van der Waals surface area contributed by atoms with Gasteiger partial charge in [0.05, 0.1) is 0 Å². The van der Waals surface area contributed by atoms with Gasteiger partial charge in [-0.05, 0) is 42.1 Å². The molecule has 0 saturated heterocycles. The molecule has 1 N–H and O–H groups in total. The molecule has 0 atom stereocenters. The predicted octanol–water partition coefficient (Wildman–Crippen LogP) is 3.84. The van der Waals surface area contributed by atoms with E-state index in [-0.39, 0.29) is 30.7 Å². The van der Waals surface area contributed by atoms with Crippen LogP contribution in [-0.2, 0) is 4.79 Å². The Bertz CT molecular complexity index is 1140. The van der Waals surface area contributed by atoms with E-state index in [4.69, 9.17) is 6.42 Å². The van der Waals surface area contributed by atoms with Gasteiger partial charge in [-0.25, -0.2) is 0 Å². The molecule has 0 saturated carbocycles. The summed E-state index contributed by atoms with van der Waals surface area (Å²) in [5, 5.41) is 4.36. The Morgan fingerprint density at radius 3 is 2.28 bits per heavy atom. The lowest BCUT2D eigenvalue weighted by Gasteiger charge is -2.27. The molecule has 0 fully saturated rings. The summed E-state index contributed by atoms with van der Waals surface area (Å²) in [4.78, 5) is 39.1. The van der Waals surface area contributed by atoms with Crippen LogP contribution >= 0.6 is 0 Å². The molecule has 1 aliphatic rings. The minimum atomic E-state index is -0.318. The van der Waals surface area contributed by atoms with Crippen LogP contribution in [0.1, 0.15) is 39.1 Å². The topological polar surface area (TPSA) is 66.5 Å². The smallest absolute Gasteiger partial charge is 0.261 e. The summed E-state index contributed by atoms with van der Waals surface area (Å²) in [6, 6.07) is 17.9. The fraction of sp³-hybridized carbons (Fsp3) is 0.125. The van der Waals surface area contributed by atoms with Crippen molar-refractivity contribution in [3.05, 3.63) is 77.4 Å². The molecule has 3 aromatic carbocycles. The van der Waals surface area contributed by atoms with E-state index in [1.54, 1.807) is 36.4 Å². The minimum Gasteiger partial charge on any atom is -0.326 e. The molecule has 29 heavy (non-hydrogen) atoms. The number of anilines is 1. The molecule has 0 aromatic heterocycles. The van der Waals surface area contributed by atoms with Gasteiger partial charge in [-0.3, -0.25) is 19.3 Å². The quantitative estimate of drug-likeness (QED) is 0.539. The zero-order valence-corrected chi connectivity index (χ0v) is 15.6. The number of nitrogens with one attached hydrogen (secondary N) is 1. The first-order valence-corrected chi connectivity index (χ1v) is 9.33. The molecule has 3 aromatic rings. The molecule has 0 bridgehead atoms. The van der Waals surface area contributed by atoms with Gasteiger partial charge >= 0.3 is 0 Å². The van der Waals surface area contributed by atoms with Crippen molar-refractivity contribution < 1.29 is 14.4 Å². The maximum Gasteiger partial charge on any atom is 0.261 e.